The number of halogens is 1. The van der Waals surface area contributed by atoms with Crippen molar-refractivity contribution in [2.45, 2.75) is 11.4 Å². The van der Waals surface area contributed by atoms with E-state index in [0.29, 0.717) is 36.2 Å². The van der Waals surface area contributed by atoms with Crippen molar-refractivity contribution in [1.82, 2.24) is 5.32 Å². The Bertz CT molecular complexity index is 865. The lowest BCUT2D eigenvalue weighted by atomic mass is 10.1. The van der Waals surface area contributed by atoms with E-state index in [1.54, 1.807) is 20.3 Å². The predicted octanol–water partition coefficient (Wildman–Crippen LogP) is 3.71. The Kier molecular flexibility index (Phi) is 7.51. The van der Waals surface area contributed by atoms with Gasteiger partial charge in [-0.3, -0.25) is 10.1 Å². The van der Waals surface area contributed by atoms with Crippen molar-refractivity contribution < 1.29 is 28.8 Å². The van der Waals surface area contributed by atoms with E-state index in [1.807, 2.05) is 30.3 Å². The number of methoxy groups -OCH3 is 2. The minimum absolute atomic E-state index is 0.211. The van der Waals surface area contributed by atoms with Gasteiger partial charge in [-0.15, -0.1) is 11.8 Å². The Labute approximate surface area is 181 Å². The highest BCUT2D eigenvalue weighted by Gasteiger charge is 2.33. The molecule has 0 bridgehead atoms. The third kappa shape index (κ3) is 5.49. The normalized spacial score (nSPS) is 18.3. The first-order valence-corrected chi connectivity index (χ1v) is 10.7. The van der Waals surface area contributed by atoms with Gasteiger partial charge in [0, 0.05) is 21.9 Å². The fourth-order valence-electron chi connectivity index (χ4n) is 2.88. The van der Waals surface area contributed by atoms with Crippen molar-refractivity contribution in [1.29, 1.82) is 0 Å². The molecule has 2 atom stereocenters. The van der Waals surface area contributed by atoms with Crippen LogP contribution in [0.25, 0.3) is 0 Å². The van der Waals surface area contributed by atoms with Gasteiger partial charge in [0.25, 0.3) is 0 Å². The maximum atomic E-state index is 11.3. The van der Waals surface area contributed by atoms with E-state index in [1.165, 1.54) is 11.8 Å². The summed E-state index contributed by atoms with van der Waals surface area (Å²) in [5.74, 6) is 2.16. The molecule has 1 fully saturated rings. The van der Waals surface area contributed by atoms with Crippen LogP contribution in [0.15, 0.2) is 40.9 Å². The van der Waals surface area contributed by atoms with Crippen molar-refractivity contribution in [2.75, 3.05) is 33.2 Å². The summed E-state index contributed by atoms with van der Waals surface area (Å²) in [5.41, 5.74) is 0.825. The SMILES string of the molecule is COc1cccc(OCCOc2c(OC)cc(Br)cc2C2NC(C(=O)O)CS2)c1. The zero-order valence-corrected chi connectivity index (χ0v) is 18.4. The fraction of sp³-hybridized carbons (Fsp3) is 0.350. The number of benzene rings is 2. The number of thioether (sulfide) groups is 1. The maximum absolute atomic E-state index is 11.3. The van der Waals surface area contributed by atoms with Crippen LogP contribution in [0, 0.1) is 0 Å². The molecule has 0 amide bonds. The molecule has 2 aromatic rings. The molecule has 156 valence electrons. The Balaban J connectivity index is 1.69. The molecule has 9 heteroatoms. The summed E-state index contributed by atoms with van der Waals surface area (Å²) in [6, 6.07) is 10.5. The molecular formula is C20H22BrNO6S. The predicted molar refractivity (Wildman–Crippen MR) is 114 cm³/mol. The van der Waals surface area contributed by atoms with Crippen LogP contribution >= 0.6 is 27.7 Å². The number of hydrogen-bond donors (Lipinski definition) is 2. The molecule has 0 aliphatic carbocycles. The van der Waals surface area contributed by atoms with Crippen molar-refractivity contribution in [2.24, 2.45) is 0 Å². The summed E-state index contributed by atoms with van der Waals surface area (Å²) in [6.07, 6.45) is 0. The quantitative estimate of drug-likeness (QED) is 0.522. The average molecular weight is 484 g/mol. The van der Waals surface area contributed by atoms with E-state index in [0.717, 1.165) is 15.8 Å². The van der Waals surface area contributed by atoms with Gasteiger partial charge in [-0.1, -0.05) is 22.0 Å². The third-order valence-corrected chi connectivity index (χ3v) is 5.98. The highest BCUT2D eigenvalue weighted by molar-refractivity contribution is 9.10. The Hall–Kier alpha value is -2.10. The molecule has 7 nitrogen and oxygen atoms in total. The van der Waals surface area contributed by atoms with Gasteiger partial charge in [0.05, 0.1) is 19.6 Å². The second-order valence-electron chi connectivity index (χ2n) is 6.17. The molecule has 29 heavy (non-hydrogen) atoms. The fourth-order valence-corrected chi connectivity index (χ4v) is 4.57. The first-order valence-electron chi connectivity index (χ1n) is 8.89. The van der Waals surface area contributed by atoms with Crippen molar-refractivity contribution >= 4 is 33.7 Å². The summed E-state index contributed by atoms with van der Waals surface area (Å²) in [7, 11) is 3.17. The van der Waals surface area contributed by atoms with E-state index in [4.69, 9.17) is 18.9 Å². The number of carboxylic acids is 1. The van der Waals surface area contributed by atoms with E-state index < -0.39 is 12.0 Å². The van der Waals surface area contributed by atoms with Crippen LogP contribution in [0.5, 0.6) is 23.0 Å². The molecule has 2 unspecified atom stereocenters. The Morgan fingerprint density at radius 3 is 2.62 bits per heavy atom. The minimum Gasteiger partial charge on any atom is -0.497 e. The van der Waals surface area contributed by atoms with Gasteiger partial charge in [-0.05, 0) is 24.3 Å². The number of rotatable bonds is 9. The monoisotopic (exact) mass is 483 g/mol. The van der Waals surface area contributed by atoms with Gasteiger partial charge in [0.1, 0.15) is 30.8 Å². The lowest BCUT2D eigenvalue weighted by molar-refractivity contribution is -0.138. The molecule has 1 aliphatic heterocycles. The number of hydrogen-bond acceptors (Lipinski definition) is 7. The smallest absolute Gasteiger partial charge is 0.321 e. The standard InChI is InChI=1S/C20H22BrNO6S/c1-25-13-4-3-5-14(10-13)27-6-7-28-18-15(8-12(21)9-17(18)26-2)19-22-16(11-29-19)20(23)24/h3-5,8-10,16,19,22H,6-7,11H2,1-2H3,(H,23,24). The molecule has 1 aliphatic rings. The van der Waals surface area contributed by atoms with Crippen LogP contribution in [0.3, 0.4) is 0 Å². The first kappa shape index (κ1) is 21.6. The van der Waals surface area contributed by atoms with Gasteiger partial charge in [0.15, 0.2) is 11.5 Å². The molecule has 0 radical (unpaired) electrons. The highest BCUT2D eigenvalue weighted by Crippen LogP contribution is 2.44. The topological polar surface area (TPSA) is 86.3 Å². The van der Waals surface area contributed by atoms with Gasteiger partial charge < -0.3 is 24.1 Å². The number of aliphatic carboxylic acids is 1. The van der Waals surface area contributed by atoms with Crippen LogP contribution in [-0.2, 0) is 4.79 Å². The van der Waals surface area contributed by atoms with Crippen molar-refractivity contribution in [3.63, 3.8) is 0 Å². The number of ether oxygens (including phenoxy) is 4. The second-order valence-corrected chi connectivity index (χ2v) is 8.23. The summed E-state index contributed by atoms with van der Waals surface area (Å²) in [4.78, 5) is 11.3. The largest absolute Gasteiger partial charge is 0.497 e. The van der Waals surface area contributed by atoms with Crippen molar-refractivity contribution in [3.8, 4) is 23.0 Å². The van der Waals surface area contributed by atoms with Crippen LogP contribution in [0.4, 0.5) is 0 Å². The summed E-state index contributed by atoms with van der Waals surface area (Å²) < 4.78 is 23.2. The maximum Gasteiger partial charge on any atom is 0.321 e. The average Bonchev–Trinajstić information content (AvgIpc) is 3.22. The molecule has 0 spiro atoms. The van der Waals surface area contributed by atoms with E-state index in [-0.39, 0.29) is 5.37 Å². The summed E-state index contributed by atoms with van der Waals surface area (Å²) in [5, 5.41) is 12.2. The molecule has 1 saturated heterocycles. The third-order valence-electron chi connectivity index (χ3n) is 4.27. The zero-order chi connectivity index (χ0) is 20.8. The number of carboxylic acid groups (broad SMARTS) is 1. The van der Waals surface area contributed by atoms with Gasteiger partial charge in [-0.25, -0.2) is 0 Å². The Morgan fingerprint density at radius 2 is 1.93 bits per heavy atom. The van der Waals surface area contributed by atoms with Crippen LogP contribution in [0.1, 0.15) is 10.9 Å². The first-order chi connectivity index (χ1) is 14.0. The molecular weight excluding hydrogens is 462 g/mol. The lowest BCUT2D eigenvalue weighted by Gasteiger charge is -2.20. The molecule has 0 aromatic heterocycles. The summed E-state index contributed by atoms with van der Waals surface area (Å²) >= 11 is 5.00. The van der Waals surface area contributed by atoms with Gasteiger partial charge in [0.2, 0.25) is 0 Å². The van der Waals surface area contributed by atoms with E-state index in [2.05, 4.69) is 21.2 Å². The molecule has 2 aromatic carbocycles. The van der Waals surface area contributed by atoms with Gasteiger partial charge >= 0.3 is 5.97 Å². The highest BCUT2D eigenvalue weighted by atomic mass is 79.9. The molecule has 2 N–H and O–H groups in total. The Morgan fingerprint density at radius 1 is 1.17 bits per heavy atom. The second kappa shape index (κ2) is 10.1. The van der Waals surface area contributed by atoms with Gasteiger partial charge in [-0.2, -0.15) is 0 Å². The van der Waals surface area contributed by atoms with Crippen LogP contribution in [-0.4, -0.2) is 50.3 Å². The molecule has 1 heterocycles. The van der Waals surface area contributed by atoms with E-state index >= 15 is 0 Å². The minimum atomic E-state index is -0.865. The van der Waals surface area contributed by atoms with E-state index in [9.17, 15) is 9.90 Å². The molecule has 3 rings (SSSR count). The lowest BCUT2D eigenvalue weighted by Crippen LogP contribution is -2.33. The molecule has 0 saturated carbocycles. The number of carbonyl (C=O) groups is 1. The van der Waals surface area contributed by atoms with Crippen LogP contribution < -0.4 is 24.3 Å². The zero-order valence-electron chi connectivity index (χ0n) is 16.0. The van der Waals surface area contributed by atoms with Crippen molar-refractivity contribution in [3.05, 3.63) is 46.4 Å². The summed E-state index contributed by atoms with van der Waals surface area (Å²) in [6.45, 7) is 0.622. The van der Waals surface area contributed by atoms with Crippen LogP contribution in [0.2, 0.25) is 0 Å². The number of nitrogens with one attached hydrogen (secondary N) is 1.